The van der Waals surface area contributed by atoms with E-state index in [9.17, 15) is 8.42 Å². The highest BCUT2D eigenvalue weighted by Crippen LogP contribution is 2.13. The van der Waals surface area contributed by atoms with Crippen LogP contribution in [0.3, 0.4) is 0 Å². The van der Waals surface area contributed by atoms with Crippen LogP contribution in [0.15, 0.2) is 0 Å². The van der Waals surface area contributed by atoms with Gasteiger partial charge in [0.2, 0.25) is 0 Å². The number of hydrogen-bond donors (Lipinski definition) is 0. The van der Waals surface area contributed by atoms with Gasteiger partial charge in [0, 0.05) is 5.75 Å². The maximum absolute atomic E-state index is 11.1. The summed E-state index contributed by atoms with van der Waals surface area (Å²) in [5.41, 5.74) is 0. The van der Waals surface area contributed by atoms with Gasteiger partial charge in [0.05, 0.1) is 12.4 Å². The Kier molecular flexibility index (Phi) is 17.3. The van der Waals surface area contributed by atoms with Gasteiger partial charge >= 0.3 is 0 Å². The number of unbranched alkanes of at least 4 members (excludes halogenated alkanes) is 11. The first-order chi connectivity index (χ1) is 11.1. The summed E-state index contributed by atoms with van der Waals surface area (Å²) in [6.45, 7) is 4.19. The van der Waals surface area contributed by atoms with E-state index in [4.69, 9.17) is 4.18 Å². The van der Waals surface area contributed by atoms with E-state index in [0.717, 1.165) is 11.5 Å². The second kappa shape index (κ2) is 17.1. The Morgan fingerprint density at radius 2 is 1.17 bits per heavy atom. The average Bonchev–Trinajstić information content (AvgIpc) is 2.54. The van der Waals surface area contributed by atoms with Crippen molar-refractivity contribution >= 4 is 21.9 Å². The molecule has 0 unspecified atom stereocenters. The van der Waals surface area contributed by atoms with Gasteiger partial charge in [0.15, 0.2) is 0 Å². The molecule has 0 amide bonds. The van der Waals surface area contributed by atoms with Gasteiger partial charge in [-0.2, -0.15) is 20.2 Å². The van der Waals surface area contributed by atoms with Crippen LogP contribution in [0.5, 0.6) is 0 Å². The fourth-order valence-electron chi connectivity index (χ4n) is 2.45. The summed E-state index contributed by atoms with van der Waals surface area (Å²) in [6, 6.07) is 0. The Hall–Kier alpha value is 0.260. The van der Waals surface area contributed by atoms with Gasteiger partial charge < -0.3 is 0 Å². The summed E-state index contributed by atoms with van der Waals surface area (Å²) >= 11 is 1.80. The van der Waals surface area contributed by atoms with E-state index in [0.29, 0.717) is 6.61 Å². The van der Waals surface area contributed by atoms with Crippen molar-refractivity contribution in [2.24, 2.45) is 0 Å². The molecule has 0 atom stereocenters. The number of hydrogen-bond acceptors (Lipinski definition) is 4. The highest BCUT2D eigenvalue weighted by atomic mass is 32.2. The molecule has 5 heteroatoms. The SMILES string of the molecule is CCCCCCCCCCCCCCSCCOS(=O)(=O)CC. The van der Waals surface area contributed by atoms with Crippen LogP contribution in [0.1, 0.15) is 90.9 Å². The van der Waals surface area contributed by atoms with Crippen LogP contribution in [0.25, 0.3) is 0 Å². The molecule has 0 saturated carbocycles. The second-order valence-electron chi connectivity index (χ2n) is 6.17. The zero-order valence-corrected chi connectivity index (χ0v) is 17.0. The maximum atomic E-state index is 11.1. The van der Waals surface area contributed by atoms with Crippen molar-refractivity contribution in [3.63, 3.8) is 0 Å². The van der Waals surface area contributed by atoms with E-state index >= 15 is 0 Å². The molecule has 0 heterocycles. The van der Waals surface area contributed by atoms with Gasteiger partial charge in [-0.1, -0.05) is 77.6 Å². The fraction of sp³-hybridized carbons (Fsp3) is 1.00. The van der Waals surface area contributed by atoms with Gasteiger partial charge in [-0.3, -0.25) is 4.18 Å². The van der Waals surface area contributed by atoms with Crippen molar-refractivity contribution in [1.29, 1.82) is 0 Å². The Balaban J connectivity index is 3.08. The van der Waals surface area contributed by atoms with Gasteiger partial charge in [0.1, 0.15) is 0 Å². The zero-order chi connectivity index (χ0) is 17.2. The van der Waals surface area contributed by atoms with Gasteiger partial charge in [-0.05, 0) is 19.1 Å². The van der Waals surface area contributed by atoms with Crippen molar-refractivity contribution in [1.82, 2.24) is 0 Å². The molecule has 0 bridgehead atoms. The molecule has 0 fully saturated rings. The summed E-state index contributed by atoms with van der Waals surface area (Å²) < 4.78 is 27.1. The third-order valence-corrected chi connectivity index (χ3v) is 6.25. The summed E-state index contributed by atoms with van der Waals surface area (Å²) in [4.78, 5) is 0. The monoisotopic (exact) mass is 366 g/mol. The molecule has 0 radical (unpaired) electrons. The van der Waals surface area contributed by atoms with Gasteiger partial charge in [-0.15, -0.1) is 0 Å². The standard InChI is InChI=1S/C18H38O3S2/c1-3-5-6-7-8-9-10-11-12-13-14-15-17-22-18-16-21-23(19,20)4-2/h3-18H2,1-2H3. The number of thioether (sulfide) groups is 1. The Labute approximate surface area is 149 Å². The largest absolute Gasteiger partial charge is 0.269 e. The molecule has 3 nitrogen and oxygen atoms in total. The normalized spacial score (nSPS) is 11.9. The molecule has 0 spiro atoms. The smallest absolute Gasteiger partial charge is 0.267 e. The van der Waals surface area contributed by atoms with Crippen LogP contribution in [-0.4, -0.2) is 32.3 Å². The Bertz CT molecular complexity index is 329. The molecule has 0 aliphatic heterocycles. The van der Waals surface area contributed by atoms with Crippen molar-refractivity contribution in [3.8, 4) is 0 Å². The third kappa shape index (κ3) is 18.4. The maximum Gasteiger partial charge on any atom is 0.267 e. The first-order valence-electron chi connectivity index (χ1n) is 9.57. The van der Waals surface area contributed by atoms with E-state index in [2.05, 4.69) is 6.92 Å². The molecule has 0 aromatic carbocycles. The Morgan fingerprint density at radius 1 is 0.696 bits per heavy atom. The molecule has 0 N–H and O–H groups in total. The average molecular weight is 367 g/mol. The first-order valence-corrected chi connectivity index (χ1v) is 12.3. The molecule has 0 aliphatic carbocycles. The lowest BCUT2D eigenvalue weighted by Gasteiger charge is -2.04. The highest BCUT2D eigenvalue weighted by Gasteiger charge is 2.05. The summed E-state index contributed by atoms with van der Waals surface area (Å²) in [6.07, 6.45) is 16.5. The van der Waals surface area contributed by atoms with Crippen LogP contribution in [0, 0.1) is 0 Å². The van der Waals surface area contributed by atoms with E-state index < -0.39 is 10.1 Å². The molecule has 23 heavy (non-hydrogen) atoms. The van der Waals surface area contributed by atoms with Crippen molar-refractivity contribution in [2.45, 2.75) is 90.9 Å². The first kappa shape index (κ1) is 23.3. The van der Waals surface area contributed by atoms with Crippen LogP contribution in [0.2, 0.25) is 0 Å². The predicted octanol–water partition coefficient (Wildman–Crippen LogP) is 5.79. The minimum absolute atomic E-state index is 0.0659. The quantitative estimate of drug-likeness (QED) is 0.227. The van der Waals surface area contributed by atoms with Crippen LogP contribution < -0.4 is 0 Å². The van der Waals surface area contributed by atoms with E-state index in [1.54, 1.807) is 18.7 Å². The lowest BCUT2D eigenvalue weighted by atomic mass is 10.1. The van der Waals surface area contributed by atoms with E-state index in [1.807, 2.05) is 0 Å². The minimum Gasteiger partial charge on any atom is -0.269 e. The van der Waals surface area contributed by atoms with E-state index in [-0.39, 0.29) is 5.75 Å². The molecule has 140 valence electrons. The van der Waals surface area contributed by atoms with E-state index in [1.165, 1.54) is 77.0 Å². The number of rotatable bonds is 18. The molecule has 0 aromatic heterocycles. The van der Waals surface area contributed by atoms with Crippen LogP contribution in [-0.2, 0) is 14.3 Å². The summed E-state index contributed by atoms with van der Waals surface area (Å²) in [7, 11) is -3.25. The van der Waals surface area contributed by atoms with Crippen LogP contribution >= 0.6 is 11.8 Å². The second-order valence-corrected chi connectivity index (χ2v) is 9.32. The van der Waals surface area contributed by atoms with Gasteiger partial charge in [-0.25, -0.2) is 0 Å². The third-order valence-electron chi connectivity index (χ3n) is 3.99. The molecule has 0 saturated heterocycles. The molecular weight excluding hydrogens is 328 g/mol. The fourth-order valence-corrected chi connectivity index (χ4v) is 3.87. The van der Waals surface area contributed by atoms with Gasteiger partial charge in [0.25, 0.3) is 10.1 Å². The minimum atomic E-state index is -3.25. The lowest BCUT2D eigenvalue weighted by Crippen LogP contribution is -2.10. The molecule has 0 aromatic rings. The van der Waals surface area contributed by atoms with Crippen LogP contribution in [0.4, 0.5) is 0 Å². The van der Waals surface area contributed by atoms with Crippen molar-refractivity contribution in [2.75, 3.05) is 23.9 Å². The van der Waals surface area contributed by atoms with Crippen molar-refractivity contribution < 1.29 is 12.6 Å². The molecule has 0 aliphatic rings. The molecule has 0 rings (SSSR count). The Morgan fingerprint density at radius 3 is 1.65 bits per heavy atom. The summed E-state index contributed by atoms with van der Waals surface area (Å²) in [5.74, 6) is 1.96. The predicted molar refractivity (Wildman–Crippen MR) is 104 cm³/mol. The highest BCUT2D eigenvalue weighted by molar-refractivity contribution is 7.99. The molecular formula is C18H38O3S2. The topological polar surface area (TPSA) is 43.4 Å². The summed E-state index contributed by atoms with van der Waals surface area (Å²) in [5, 5.41) is 0. The lowest BCUT2D eigenvalue weighted by molar-refractivity contribution is 0.342. The zero-order valence-electron chi connectivity index (χ0n) is 15.4. The van der Waals surface area contributed by atoms with Crippen molar-refractivity contribution in [3.05, 3.63) is 0 Å².